The average Bonchev–Trinajstić information content (AvgIpc) is 3.58. The summed E-state index contributed by atoms with van der Waals surface area (Å²) in [5, 5.41) is 7.12. The fourth-order valence-corrected chi connectivity index (χ4v) is 4.20. The van der Waals surface area contributed by atoms with Crippen LogP contribution >= 0.6 is 0 Å². The first-order valence-electron chi connectivity index (χ1n) is 10.9. The number of alkyl halides is 3. The van der Waals surface area contributed by atoms with Gasteiger partial charge in [-0.15, -0.1) is 0 Å². The maximum Gasteiger partial charge on any atom is 0.490 e. The predicted molar refractivity (Wildman–Crippen MR) is 108 cm³/mol. The molecule has 2 unspecified atom stereocenters. The minimum Gasteiger partial charge on any atom is -0.475 e. The Hall–Kier alpha value is -2.20. The fourth-order valence-electron chi connectivity index (χ4n) is 4.20. The molecule has 3 aliphatic rings. The molecule has 1 N–H and O–H groups in total. The molecule has 1 aliphatic carbocycles. The van der Waals surface area contributed by atoms with Gasteiger partial charge in [0, 0.05) is 43.6 Å². The van der Waals surface area contributed by atoms with Gasteiger partial charge in [0.1, 0.15) is 0 Å². The molecule has 2 atom stereocenters. The number of halogens is 3. The maximum atomic E-state index is 12.8. The third-order valence-corrected chi connectivity index (χ3v) is 6.08. The molecule has 3 heterocycles. The van der Waals surface area contributed by atoms with Gasteiger partial charge in [0.25, 0.3) is 0 Å². The lowest BCUT2D eigenvalue weighted by Crippen LogP contribution is -2.58. The molecule has 0 spiro atoms. The number of pyridine rings is 1. The molecule has 3 fully saturated rings. The number of nitrogens with zero attached hydrogens (tertiary/aromatic N) is 2. The van der Waals surface area contributed by atoms with Gasteiger partial charge in [-0.3, -0.25) is 9.78 Å². The number of carboxylic acid groups (broad SMARTS) is 1. The third kappa shape index (κ3) is 6.90. The zero-order chi connectivity index (χ0) is 23.2. The van der Waals surface area contributed by atoms with E-state index in [-0.39, 0.29) is 17.4 Å². The zero-order valence-corrected chi connectivity index (χ0v) is 17.9. The lowest BCUT2D eigenvalue weighted by molar-refractivity contribution is -0.192. The summed E-state index contributed by atoms with van der Waals surface area (Å²) in [5.74, 6) is -1.82. The van der Waals surface area contributed by atoms with Crippen LogP contribution in [0.3, 0.4) is 0 Å². The number of carbonyl (C=O) groups is 2. The quantitative estimate of drug-likeness (QED) is 0.705. The number of amides is 1. The van der Waals surface area contributed by atoms with E-state index in [0.29, 0.717) is 6.42 Å². The molecule has 4 rings (SSSR count). The lowest BCUT2D eigenvalue weighted by atomic mass is 9.73. The first-order valence-corrected chi connectivity index (χ1v) is 10.9. The Morgan fingerprint density at radius 3 is 2.66 bits per heavy atom. The van der Waals surface area contributed by atoms with Crippen molar-refractivity contribution >= 4 is 11.9 Å². The standard InChI is InChI=1S/C20H28N2O3.C2HF3O2/c23-19(12-17-4-1-2-9-21-17)22-10-7-18-20(14-22,8-3-11-25-18)15-24-13-16-5-6-16;3-2(4,5)1(6)7/h1-2,4,9,16,18H,3,5-8,10-15H2;(H,6,7). The summed E-state index contributed by atoms with van der Waals surface area (Å²) >= 11 is 0. The molecule has 2 aliphatic heterocycles. The van der Waals surface area contributed by atoms with E-state index in [1.54, 1.807) is 6.20 Å². The van der Waals surface area contributed by atoms with Crippen molar-refractivity contribution in [3.05, 3.63) is 30.1 Å². The molecule has 178 valence electrons. The third-order valence-electron chi connectivity index (χ3n) is 6.08. The topological polar surface area (TPSA) is 89.0 Å². The summed E-state index contributed by atoms with van der Waals surface area (Å²) in [5.41, 5.74) is 0.819. The molecule has 1 amide bonds. The number of hydrogen-bond donors (Lipinski definition) is 1. The number of hydrogen-bond acceptors (Lipinski definition) is 5. The van der Waals surface area contributed by atoms with Crippen molar-refractivity contribution in [1.82, 2.24) is 9.88 Å². The monoisotopic (exact) mass is 458 g/mol. The second-order valence-electron chi connectivity index (χ2n) is 8.69. The van der Waals surface area contributed by atoms with Crippen molar-refractivity contribution in [2.24, 2.45) is 11.3 Å². The number of carbonyl (C=O) groups excluding carboxylic acids is 1. The van der Waals surface area contributed by atoms with Crippen molar-refractivity contribution in [2.45, 2.75) is 50.8 Å². The van der Waals surface area contributed by atoms with Crippen LogP contribution < -0.4 is 0 Å². The van der Waals surface area contributed by atoms with Crippen LogP contribution in [0.25, 0.3) is 0 Å². The molecule has 32 heavy (non-hydrogen) atoms. The van der Waals surface area contributed by atoms with Crippen LogP contribution in [0.2, 0.25) is 0 Å². The van der Waals surface area contributed by atoms with Crippen LogP contribution in [0, 0.1) is 11.3 Å². The fraction of sp³-hybridized carbons (Fsp3) is 0.682. The number of likely N-dealkylation sites (tertiary alicyclic amines) is 1. The van der Waals surface area contributed by atoms with E-state index in [1.807, 2.05) is 23.1 Å². The molecule has 7 nitrogen and oxygen atoms in total. The SMILES string of the molecule is O=C(Cc1ccccn1)N1CCC2OCCCC2(COCC2CC2)C1.O=C(O)C(F)(F)F. The van der Waals surface area contributed by atoms with E-state index in [1.165, 1.54) is 12.8 Å². The number of ether oxygens (including phenoxy) is 2. The van der Waals surface area contributed by atoms with Gasteiger partial charge < -0.3 is 19.5 Å². The molecular formula is C22H29F3N2O5. The summed E-state index contributed by atoms with van der Waals surface area (Å²) < 4.78 is 43.9. The molecule has 1 aromatic rings. The molecule has 0 radical (unpaired) electrons. The highest BCUT2D eigenvalue weighted by molar-refractivity contribution is 5.78. The van der Waals surface area contributed by atoms with Gasteiger partial charge in [0.2, 0.25) is 5.91 Å². The average molecular weight is 458 g/mol. The van der Waals surface area contributed by atoms with Crippen LogP contribution in [0.4, 0.5) is 13.2 Å². The molecule has 1 aromatic heterocycles. The minimum absolute atomic E-state index is 0.0227. The Morgan fingerprint density at radius 1 is 1.28 bits per heavy atom. The molecule has 2 saturated heterocycles. The van der Waals surface area contributed by atoms with Gasteiger partial charge >= 0.3 is 12.1 Å². The Kier molecular flexibility index (Phi) is 8.10. The smallest absolute Gasteiger partial charge is 0.475 e. The Balaban J connectivity index is 0.000000360. The first kappa shape index (κ1) is 24.4. The van der Waals surface area contributed by atoms with E-state index in [4.69, 9.17) is 19.4 Å². The van der Waals surface area contributed by atoms with E-state index in [0.717, 1.165) is 63.8 Å². The summed E-state index contributed by atoms with van der Waals surface area (Å²) in [6.07, 6.45) is 2.97. The van der Waals surface area contributed by atoms with Crippen molar-refractivity contribution < 1.29 is 37.3 Å². The second-order valence-corrected chi connectivity index (χ2v) is 8.69. The van der Waals surface area contributed by atoms with E-state index in [9.17, 15) is 18.0 Å². The highest BCUT2D eigenvalue weighted by Crippen LogP contribution is 2.41. The van der Waals surface area contributed by atoms with Gasteiger partial charge in [0.05, 0.1) is 19.1 Å². The highest BCUT2D eigenvalue weighted by atomic mass is 19.4. The highest BCUT2D eigenvalue weighted by Gasteiger charge is 2.47. The summed E-state index contributed by atoms with van der Waals surface area (Å²) in [6.45, 7) is 3.98. The van der Waals surface area contributed by atoms with E-state index in [2.05, 4.69) is 4.98 Å². The minimum atomic E-state index is -5.08. The summed E-state index contributed by atoms with van der Waals surface area (Å²) in [6, 6.07) is 5.73. The van der Waals surface area contributed by atoms with Gasteiger partial charge in [0.15, 0.2) is 0 Å². The number of piperidine rings is 1. The van der Waals surface area contributed by atoms with Crippen LogP contribution in [0.5, 0.6) is 0 Å². The number of rotatable bonds is 6. The van der Waals surface area contributed by atoms with E-state index >= 15 is 0 Å². The van der Waals surface area contributed by atoms with Crippen molar-refractivity contribution in [1.29, 1.82) is 0 Å². The number of carboxylic acids is 1. The predicted octanol–water partition coefficient (Wildman–Crippen LogP) is 3.08. The second kappa shape index (κ2) is 10.6. The Bertz CT molecular complexity index is 773. The first-order chi connectivity index (χ1) is 15.2. The van der Waals surface area contributed by atoms with Crippen molar-refractivity contribution in [3.8, 4) is 0 Å². The van der Waals surface area contributed by atoms with Gasteiger partial charge in [-0.25, -0.2) is 4.79 Å². The number of fused-ring (bicyclic) bond motifs is 1. The summed E-state index contributed by atoms with van der Waals surface area (Å²) in [4.78, 5) is 28.0. The van der Waals surface area contributed by atoms with Crippen molar-refractivity contribution in [2.75, 3.05) is 32.9 Å². The van der Waals surface area contributed by atoms with Crippen LogP contribution in [0.15, 0.2) is 24.4 Å². The van der Waals surface area contributed by atoms with Crippen LogP contribution in [-0.2, 0) is 25.5 Å². The zero-order valence-electron chi connectivity index (χ0n) is 17.9. The van der Waals surface area contributed by atoms with E-state index < -0.39 is 12.1 Å². The van der Waals surface area contributed by atoms with Gasteiger partial charge in [-0.2, -0.15) is 13.2 Å². The summed E-state index contributed by atoms with van der Waals surface area (Å²) in [7, 11) is 0. The molecular weight excluding hydrogens is 429 g/mol. The molecule has 1 saturated carbocycles. The maximum absolute atomic E-state index is 12.8. The van der Waals surface area contributed by atoms with Crippen LogP contribution in [-0.4, -0.2) is 72.1 Å². The van der Waals surface area contributed by atoms with Gasteiger partial charge in [-0.1, -0.05) is 6.07 Å². The Labute approximate surface area is 184 Å². The van der Waals surface area contributed by atoms with Crippen LogP contribution in [0.1, 0.15) is 37.8 Å². The molecule has 10 heteroatoms. The molecule has 0 aromatic carbocycles. The largest absolute Gasteiger partial charge is 0.490 e. The Morgan fingerprint density at radius 2 is 2.03 bits per heavy atom. The van der Waals surface area contributed by atoms with Crippen molar-refractivity contribution in [3.63, 3.8) is 0 Å². The lowest BCUT2D eigenvalue weighted by Gasteiger charge is -2.50. The van der Waals surface area contributed by atoms with Gasteiger partial charge in [-0.05, 0) is 50.2 Å². The normalized spacial score (nSPS) is 25.3. The number of aliphatic carboxylic acids is 1. The molecule has 0 bridgehead atoms. The number of aromatic nitrogens is 1.